The predicted molar refractivity (Wildman–Crippen MR) is 191 cm³/mol. The molecule has 4 aromatic rings. The third-order valence-corrected chi connectivity index (χ3v) is 8.05. The molecule has 0 bridgehead atoms. The van der Waals surface area contributed by atoms with E-state index in [4.69, 9.17) is 5.73 Å². The molecule has 0 aliphatic heterocycles. The zero-order chi connectivity index (χ0) is 38.5. The van der Waals surface area contributed by atoms with Gasteiger partial charge >= 0.3 is 0 Å². The Labute approximate surface area is 305 Å². The third-order valence-electron chi connectivity index (χ3n) is 8.05. The second-order valence-corrected chi connectivity index (χ2v) is 13.1. The summed E-state index contributed by atoms with van der Waals surface area (Å²) in [6, 6.07) is 11.1. The van der Waals surface area contributed by atoms with Crippen LogP contribution in [0.3, 0.4) is 0 Å². The van der Waals surface area contributed by atoms with E-state index in [1.165, 1.54) is 0 Å². The van der Waals surface area contributed by atoms with Crippen molar-refractivity contribution < 1.29 is 29.1 Å². The molecule has 0 aliphatic carbocycles. The first-order chi connectivity index (χ1) is 25.3. The summed E-state index contributed by atoms with van der Waals surface area (Å²) in [5.74, 6) is -3.63. The lowest BCUT2D eigenvalue weighted by Gasteiger charge is -2.29. The maximum atomic E-state index is 13.9. The molecule has 0 unspecified atom stereocenters. The van der Waals surface area contributed by atoms with Crippen LogP contribution in [0.4, 0.5) is 5.69 Å². The van der Waals surface area contributed by atoms with Crippen molar-refractivity contribution in [1.82, 2.24) is 57.1 Å². The van der Waals surface area contributed by atoms with Crippen LogP contribution in [-0.2, 0) is 25.6 Å². The SMILES string of the molecule is CC(C)C[C@H](NC(=O)[C@@H](NC(=O)[C@@H](N)CNC(=O)c1ncn[nH]1)C(C)C)C(=O)N[C@@H](Cc1ccccc1)[C@@H](O)C(=O)Nc1cccc(-c2nn[nH]n2)c1. The average Bonchev–Trinajstić information content (AvgIpc) is 3.88. The largest absolute Gasteiger partial charge is 0.381 e. The quantitative estimate of drug-likeness (QED) is 0.0623. The number of rotatable bonds is 18. The van der Waals surface area contributed by atoms with Crippen LogP contribution in [0.15, 0.2) is 60.9 Å². The van der Waals surface area contributed by atoms with Crippen LogP contribution < -0.4 is 32.3 Å². The van der Waals surface area contributed by atoms with Crippen molar-refractivity contribution in [2.45, 2.75) is 70.8 Å². The fraction of sp³-hybridized carbons (Fsp3) is 0.412. The van der Waals surface area contributed by atoms with Gasteiger partial charge in [0.05, 0.1) is 6.04 Å². The van der Waals surface area contributed by atoms with Crippen molar-refractivity contribution in [1.29, 1.82) is 0 Å². The van der Waals surface area contributed by atoms with E-state index in [1.807, 2.05) is 19.9 Å². The lowest BCUT2D eigenvalue weighted by molar-refractivity contribution is -0.134. The van der Waals surface area contributed by atoms with Gasteiger partial charge in [-0.3, -0.25) is 29.1 Å². The molecule has 0 spiro atoms. The Morgan fingerprint density at radius 1 is 0.887 bits per heavy atom. The normalized spacial score (nSPS) is 14.0. The Morgan fingerprint density at radius 3 is 2.28 bits per heavy atom. The highest BCUT2D eigenvalue weighted by Gasteiger charge is 2.34. The average molecular weight is 732 g/mol. The molecular formula is C34H45N13O6. The maximum Gasteiger partial charge on any atom is 0.288 e. The standard InChI is InChI=1S/C34H45N13O6/c1-18(2)13-25(41-32(51)26(19(3)4)42-30(49)23(35)16-36-34(53)29-37-17-38-43-29)31(50)40-24(14-20-9-6-5-7-10-20)27(48)33(52)39-22-12-8-11-21(15-22)28-44-46-47-45-28/h5-12,15,17-19,23-27,48H,13-14,16,35H2,1-4H3,(H,36,53)(H,39,52)(H,40,50)(H,41,51)(H,42,49)(H,37,38,43)(H,44,45,46,47)/t23-,24-,25-,26-,27+/m0/s1. The smallest absolute Gasteiger partial charge is 0.288 e. The Hall–Kier alpha value is -6.08. The number of nitrogens with zero attached hydrogens (tertiary/aromatic N) is 5. The van der Waals surface area contributed by atoms with Crippen LogP contribution in [0.1, 0.15) is 50.3 Å². The van der Waals surface area contributed by atoms with Crippen molar-refractivity contribution >= 4 is 35.2 Å². The van der Waals surface area contributed by atoms with Gasteiger partial charge in [0.1, 0.15) is 24.5 Å². The summed E-state index contributed by atoms with van der Waals surface area (Å²) in [5.41, 5.74) is 7.66. The van der Waals surface area contributed by atoms with Crippen LogP contribution >= 0.6 is 0 Å². The lowest BCUT2D eigenvalue weighted by atomic mass is 9.97. The first-order valence-electron chi connectivity index (χ1n) is 17.0. The van der Waals surface area contributed by atoms with Crippen molar-refractivity contribution in [3.8, 4) is 11.4 Å². The number of hydrogen-bond donors (Lipinski definition) is 9. The van der Waals surface area contributed by atoms with Gasteiger partial charge < -0.3 is 37.4 Å². The number of carbonyl (C=O) groups excluding carboxylic acids is 5. The summed E-state index contributed by atoms with van der Waals surface area (Å²) in [5, 5.41) is 44.4. The molecule has 4 rings (SSSR count). The van der Waals surface area contributed by atoms with Gasteiger partial charge in [-0.2, -0.15) is 10.3 Å². The first kappa shape index (κ1) is 39.7. The molecule has 2 aromatic heterocycles. The molecule has 10 N–H and O–H groups in total. The summed E-state index contributed by atoms with van der Waals surface area (Å²) in [7, 11) is 0. The summed E-state index contributed by atoms with van der Waals surface area (Å²) in [4.78, 5) is 69.8. The fourth-order valence-electron chi connectivity index (χ4n) is 5.27. The Kier molecular flexibility index (Phi) is 14.2. The number of H-pyrrole nitrogens is 2. The van der Waals surface area contributed by atoms with Gasteiger partial charge in [-0.15, -0.1) is 10.2 Å². The van der Waals surface area contributed by atoms with E-state index in [2.05, 4.69) is 62.4 Å². The van der Waals surface area contributed by atoms with E-state index in [9.17, 15) is 29.1 Å². The molecule has 282 valence electrons. The molecule has 0 aliphatic rings. The van der Waals surface area contributed by atoms with Crippen molar-refractivity contribution in [2.75, 3.05) is 11.9 Å². The van der Waals surface area contributed by atoms with E-state index in [0.717, 1.165) is 11.9 Å². The predicted octanol–water partition coefficient (Wildman–Crippen LogP) is -0.559. The summed E-state index contributed by atoms with van der Waals surface area (Å²) >= 11 is 0. The van der Waals surface area contributed by atoms with E-state index < -0.39 is 65.7 Å². The molecule has 5 amide bonds. The highest BCUT2D eigenvalue weighted by Crippen LogP contribution is 2.19. The number of tetrazole rings is 1. The molecule has 2 aromatic carbocycles. The number of aliphatic hydroxyl groups is 1. The molecule has 0 radical (unpaired) electrons. The van der Waals surface area contributed by atoms with Crippen molar-refractivity contribution in [3.63, 3.8) is 0 Å². The van der Waals surface area contributed by atoms with Crippen LogP contribution in [0, 0.1) is 11.8 Å². The van der Waals surface area contributed by atoms with Gasteiger partial charge in [0.15, 0.2) is 6.10 Å². The molecular weight excluding hydrogens is 686 g/mol. The number of aromatic nitrogens is 7. The molecule has 19 heteroatoms. The van der Waals surface area contributed by atoms with Crippen LogP contribution in [-0.4, -0.2) is 107 Å². The summed E-state index contributed by atoms with van der Waals surface area (Å²) in [6.07, 6.45) is -0.268. The molecule has 5 atom stereocenters. The fourth-order valence-corrected chi connectivity index (χ4v) is 5.27. The summed E-state index contributed by atoms with van der Waals surface area (Å²) < 4.78 is 0. The van der Waals surface area contributed by atoms with Gasteiger partial charge in [-0.25, -0.2) is 4.98 Å². The third kappa shape index (κ3) is 11.7. The monoisotopic (exact) mass is 731 g/mol. The topological polar surface area (TPSA) is 288 Å². The minimum Gasteiger partial charge on any atom is -0.381 e. The number of aromatic amines is 2. The summed E-state index contributed by atoms with van der Waals surface area (Å²) in [6.45, 7) is 6.91. The van der Waals surface area contributed by atoms with Crippen LogP contribution in [0.25, 0.3) is 11.4 Å². The van der Waals surface area contributed by atoms with Gasteiger partial charge in [0.2, 0.25) is 29.4 Å². The van der Waals surface area contributed by atoms with E-state index in [1.54, 1.807) is 62.4 Å². The highest BCUT2D eigenvalue weighted by molar-refractivity contribution is 5.96. The number of nitrogens with one attached hydrogen (secondary N) is 7. The number of anilines is 1. The second kappa shape index (κ2) is 19.0. The molecule has 19 nitrogen and oxygen atoms in total. The maximum absolute atomic E-state index is 13.9. The lowest BCUT2D eigenvalue weighted by Crippen LogP contribution is -2.60. The van der Waals surface area contributed by atoms with E-state index in [-0.39, 0.29) is 31.1 Å². The van der Waals surface area contributed by atoms with Crippen LogP contribution in [0.2, 0.25) is 0 Å². The minimum absolute atomic E-state index is 0.0580. The highest BCUT2D eigenvalue weighted by atomic mass is 16.3. The molecule has 2 heterocycles. The zero-order valence-electron chi connectivity index (χ0n) is 29.7. The van der Waals surface area contributed by atoms with E-state index >= 15 is 0 Å². The number of benzene rings is 2. The molecule has 0 saturated heterocycles. The van der Waals surface area contributed by atoms with Gasteiger partial charge in [0.25, 0.3) is 11.8 Å². The van der Waals surface area contributed by atoms with Gasteiger partial charge in [0, 0.05) is 17.8 Å². The minimum atomic E-state index is -1.71. The molecule has 0 fully saturated rings. The second-order valence-electron chi connectivity index (χ2n) is 13.1. The molecule has 0 saturated carbocycles. The number of carbonyl (C=O) groups is 5. The number of hydrogen-bond acceptors (Lipinski definition) is 12. The van der Waals surface area contributed by atoms with E-state index in [0.29, 0.717) is 17.1 Å². The molecule has 53 heavy (non-hydrogen) atoms. The van der Waals surface area contributed by atoms with Crippen molar-refractivity contribution in [3.05, 3.63) is 72.3 Å². The number of nitrogens with two attached hydrogens (primary N) is 1. The van der Waals surface area contributed by atoms with Gasteiger partial charge in [-0.05, 0) is 47.6 Å². The Balaban J connectivity index is 1.45. The first-order valence-corrected chi connectivity index (χ1v) is 17.0. The van der Waals surface area contributed by atoms with Crippen LogP contribution in [0.5, 0.6) is 0 Å². The Bertz CT molecular complexity index is 1800. The van der Waals surface area contributed by atoms with Crippen molar-refractivity contribution in [2.24, 2.45) is 17.6 Å². The Morgan fingerprint density at radius 2 is 1.64 bits per heavy atom. The number of amides is 5. The number of aliphatic hydroxyl groups excluding tert-OH is 1. The van der Waals surface area contributed by atoms with Gasteiger partial charge in [-0.1, -0.05) is 70.2 Å². The zero-order valence-corrected chi connectivity index (χ0v) is 29.7.